The standard InChI is InChI=1S/C18H25N2/c1-10-15-14(20(8)12(3)18(15,6)7)9-13-16(10)19-11(2)17(13,4)5/h9H,1-8H3/q+1. The van der Waals surface area contributed by atoms with E-state index in [0.717, 1.165) is 0 Å². The quantitative estimate of drug-likeness (QED) is 0.620. The van der Waals surface area contributed by atoms with Crippen molar-refractivity contribution in [2.45, 2.75) is 59.3 Å². The van der Waals surface area contributed by atoms with Crippen LogP contribution in [-0.2, 0) is 10.8 Å². The van der Waals surface area contributed by atoms with E-state index in [-0.39, 0.29) is 10.8 Å². The lowest BCUT2D eigenvalue weighted by Crippen LogP contribution is -2.26. The fraction of sp³-hybridized carbons (Fsp3) is 0.556. The Hall–Kier alpha value is -1.44. The Kier molecular flexibility index (Phi) is 2.44. The number of benzene rings is 1. The van der Waals surface area contributed by atoms with Gasteiger partial charge in [-0.1, -0.05) is 13.8 Å². The summed E-state index contributed by atoms with van der Waals surface area (Å²) in [7, 11) is 2.18. The molecule has 0 amide bonds. The first kappa shape index (κ1) is 13.5. The Labute approximate surface area is 122 Å². The van der Waals surface area contributed by atoms with Crippen molar-refractivity contribution in [2.75, 3.05) is 7.05 Å². The molecule has 3 rings (SSSR count). The van der Waals surface area contributed by atoms with Crippen LogP contribution in [0.1, 0.15) is 58.2 Å². The summed E-state index contributed by atoms with van der Waals surface area (Å²) in [4.78, 5) is 4.89. The second-order valence-corrected chi connectivity index (χ2v) is 7.38. The van der Waals surface area contributed by atoms with Crippen LogP contribution in [0.25, 0.3) is 0 Å². The van der Waals surface area contributed by atoms with Gasteiger partial charge in [-0.2, -0.15) is 0 Å². The van der Waals surface area contributed by atoms with Gasteiger partial charge in [0.1, 0.15) is 7.05 Å². The van der Waals surface area contributed by atoms with Gasteiger partial charge in [-0.05, 0) is 38.8 Å². The van der Waals surface area contributed by atoms with Gasteiger partial charge in [-0.25, -0.2) is 4.58 Å². The largest absolute Gasteiger partial charge is 0.257 e. The van der Waals surface area contributed by atoms with Gasteiger partial charge < -0.3 is 0 Å². The fourth-order valence-electron chi connectivity index (χ4n) is 3.75. The van der Waals surface area contributed by atoms with Crippen LogP contribution in [0.2, 0.25) is 0 Å². The minimum absolute atomic E-state index is 0.0522. The maximum absolute atomic E-state index is 4.89. The molecule has 0 bridgehead atoms. The van der Waals surface area contributed by atoms with Crippen LogP contribution in [0.5, 0.6) is 0 Å². The topological polar surface area (TPSA) is 15.4 Å². The van der Waals surface area contributed by atoms with E-state index in [1.165, 1.54) is 39.5 Å². The van der Waals surface area contributed by atoms with Crippen molar-refractivity contribution in [1.82, 2.24) is 0 Å². The lowest BCUT2D eigenvalue weighted by atomic mass is 9.76. The van der Waals surface area contributed by atoms with Gasteiger partial charge in [-0.3, -0.25) is 4.99 Å². The molecule has 0 N–H and O–H groups in total. The van der Waals surface area contributed by atoms with Gasteiger partial charge in [-0.15, -0.1) is 0 Å². The smallest absolute Gasteiger partial charge is 0.209 e. The van der Waals surface area contributed by atoms with Gasteiger partial charge in [0, 0.05) is 29.7 Å². The number of fused-ring (bicyclic) bond motifs is 2. The Morgan fingerprint density at radius 1 is 1.00 bits per heavy atom. The Morgan fingerprint density at radius 2 is 1.60 bits per heavy atom. The van der Waals surface area contributed by atoms with E-state index in [2.05, 4.69) is 66.2 Å². The van der Waals surface area contributed by atoms with Gasteiger partial charge in [0.2, 0.25) is 5.69 Å². The van der Waals surface area contributed by atoms with Crippen LogP contribution in [-0.4, -0.2) is 23.0 Å². The molecular formula is C18H25N2+. The molecular weight excluding hydrogens is 244 g/mol. The van der Waals surface area contributed by atoms with Crippen LogP contribution in [0.4, 0.5) is 11.4 Å². The normalized spacial score (nSPS) is 21.9. The van der Waals surface area contributed by atoms with E-state index < -0.39 is 0 Å². The molecule has 2 aliphatic rings. The molecule has 0 unspecified atom stereocenters. The van der Waals surface area contributed by atoms with Crippen molar-refractivity contribution in [2.24, 2.45) is 4.99 Å². The molecule has 0 saturated heterocycles. The minimum Gasteiger partial charge on any atom is -0.257 e. The molecule has 2 nitrogen and oxygen atoms in total. The highest BCUT2D eigenvalue weighted by molar-refractivity contribution is 6.02. The minimum atomic E-state index is 0.0522. The first-order valence-electron chi connectivity index (χ1n) is 7.42. The Balaban J connectivity index is 2.40. The number of hydrogen-bond donors (Lipinski definition) is 0. The lowest BCUT2D eigenvalue weighted by Gasteiger charge is -2.22. The van der Waals surface area contributed by atoms with E-state index >= 15 is 0 Å². The summed E-state index contributed by atoms with van der Waals surface area (Å²) < 4.78 is 2.35. The van der Waals surface area contributed by atoms with E-state index in [1.54, 1.807) is 0 Å². The molecule has 1 aromatic carbocycles. The van der Waals surface area contributed by atoms with Crippen LogP contribution >= 0.6 is 0 Å². The van der Waals surface area contributed by atoms with Crippen molar-refractivity contribution < 1.29 is 4.58 Å². The average molecular weight is 269 g/mol. The highest BCUT2D eigenvalue weighted by atomic mass is 15.0. The molecule has 0 radical (unpaired) electrons. The molecule has 0 spiro atoms. The number of hydrogen-bond acceptors (Lipinski definition) is 1. The third-order valence-electron chi connectivity index (χ3n) is 5.77. The monoisotopic (exact) mass is 269 g/mol. The summed E-state index contributed by atoms with van der Waals surface area (Å²) in [6.45, 7) is 15.8. The Morgan fingerprint density at radius 3 is 2.20 bits per heavy atom. The predicted octanol–water partition coefficient (Wildman–Crippen LogP) is 4.40. The molecule has 0 fully saturated rings. The molecule has 1 aromatic rings. The van der Waals surface area contributed by atoms with Crippen molar-refractivity contribution in [3.8, 4) is 0 Å². The average Bonchev–Trinajstić information content (AvgIpc) is 2.68. The fourth-order valence-corrected chi connectivity index (χ4v) is 3.75. The van der Waals surface area contributed by atoms with E-state index in [1.807, 2.05) is 0 Å². The summed E-state index contributed by atoms with van der Waals surface area (Å²) in [6, 6.07) is 2.37. The van der Waals surface area contributed by atoms with Crippen LogP contribution in [0, 0.1) is 6.92 Å². The third-order valence-corrected chi connectivity index (χ3v) is 5.77. The zero-order chi connectivity index (χ0) is 15.0. The van der Waals surface area contributed by atoms with Gasteiger partial charge in [0.15, 0.2) is 5.71 Å². The third kappa shape index (κ3) is 1.35. The summed E-state index contributed by atoms with van der Waals surface area (Å²) in [5.41, 5.74) is 9.54. The van der Waals surface area contributed by atoms with E-state index in [4.69, 9.17) is 4.99 Å². The highest BCUT2D eigenvalue weighted by Crippen LogP contribution is 2.50. The molecule has 2 heteroatoms. The molecule has 0 atom stereocenters. The molecule has 0 aliphatic carbocycles. The van der Waals surface area contributed by atoms with Crippen molar-refractivity contribution >= 4 is 22.8 Å². The van der Waals surface area contributed by atoms with Gasteiger partial charge >= 0.3 is 0 Å². The summed E-state index contributed by atoms with van der Waals surface area (Å²) in [5.74, 6) is 0. The maximum atomic E-state index is 4.89. The molecule has 106 valence electrons. The van der Waals surface area contributed by atoms with Crippen LogP contribution in [0.3, 0.4) is 0 Å². The SMILES string of the molecule is CC1=Nc2c(cc3c(c2C)C(C)(C)C(C)=[N+]3C)C1(C)C. The second-order valence-electron chi connectivity index (χ2n) is 7.38. The summed E-state index contributed by atoms with van der Waals surface area (Å²) in [5, 5.41) is 0. The molecule has 0 saturated carbocycles. The van der Waals surface area contributed by atoms with Crippen molar-refractivity contribution in [3.05, 3.63) is 22.8 Å². The number of nitrogens with zero attached hydrogens (tertiary/aromatic N) is 2. The zero-order valence-electron chi connectivity index (χ0n) is 14.0. The highest BCUT2D eigenvalue weighted by Gasteiger charge is 2.46. The van der Waals surface area contributed by atoms with Gasteiger partial charge in [0.05, 0.1) is 11.1 Å². The van der Waals surface area contributed by atoms with Crippen molar-refractivity contribution in [1.29, 1.82) is 0 Å². The van der Waals surface area contributed by atoms with Crippen LogP contribution < -0.4 is 0 Å². The first-order valence-corrected chi connectivity index (χ1v) is 7.42. The van der Waals surface area contributed by atoms with Crippen LogP contribution in [0.15, 0.2) is 11.1 Å². The number of aliphatic imine (C=N–C) groups is 1. The number of rotatable bonds is 0. The molecule has 2 aliphatic heterocycles. The van der Waals surface area contributed by atoms with Gasteiger partial charge in [0.25, 0.3) is 0 Å². The molecule has 20 heavy (non-hydrogen) atoms. The summed E-state index contributed by atoms with van der Waals surface area (Å²) in [6.07, 6.45) is 0. The van der Waals surface area contributed by atoms with Crippen molar-refractivity contribution in [3.63, 3.8) is 0 Å². The summed E-state index contributed by atoms with van der Waals surface area (Å²) >= 11 is 0. The Bertz CT molecular complexity index is 701. The second kappa shape index (κ2) is 3.60. The first-order chi connectivity index (χ1) is 9.10. The lowest BCUT2D eigenvalue weighted by molar-refractivity contribution is -0.403. The maximum Gasteiger partial charge on any atom is 0.209 e. The zero-order valence-corrected chi connectivity index (χ0v) is 14.0. The predicted molar refractivity (Wildman–Crippen MR) is 86.5 cm³/mol. The van der Waals surface area contributed by atoms with E-state index in [9.17, 15) is 0 Å². The molecule has 0 aromatic heterocycles. The van der Waals surface area contributed by atoms with E-state index in [0.29, 0.717) is 0 Å². The molecule has 2 heterocycles.